The first-order chi connectivity index (χ1) is 12.5. The Morgan fingerprint density at radius 3 is 2.65 bits per heavy atom. The van der Waals surface area contributed by atoms with Gasteiger partial charge in [0.2, 0.25) is 15.9 Å². The van der Waals surface area contributed by atoms with Gasteiger partial charge in [-0.1, -0.05) is 19.4 Å². The van der Waals surface area contributed by atoms with Gasteiger partial charge >= 0.3 is 0 Å². The van der Waals surface area contributed by atoms with Crippen LogP contribution in [0.15, 0.2) is 53.7 Å². The fraction of sp³-hybridized carbons (Fsp3) is 0.368. The Morgan fingerprint density at radius 2 is 2.00 bits per heavy atom. The van der Waals surface area contributed by atoms with E-state index in [2.05, 4.69) is 10.3 Å². The summed E-state index contributed by atoms with van der Waals surface area (Å²) in [6, 6.07) is 9.93. The van der Waals surface area contributed by atoms with E-state index in [4.69, 9.17) is 0 Å². The first-order valence-corrected chi connectivity index (χ1v) is 10.3. The van der Waals surface area contributed by atoms with Crippen molar-refractivity contribution in [3.63, 3.8) is 0 Å². The lowest BCUT2D eigenvalue weighted by Crippen LogP contribution is -2.38. The Hall–Kier alpha value is -2.25. The molecule has 138 valence electrons. The zero-order valence-corrected chi connectivity index (χ0v) is 15.6. The monoisotopic (exact) mass is 373 g/mol. The summed E-state index contributed by atoms with van der Waals surface area (Å²) in [5, 5.41) is 2.73. The van der Waals surface area contributed by atoms with Gasteiger partial charge in [-0.05, 0) is 48.7 Å². The Kier molecular flexibility index (Phi) is 5.68. The van der Waals surface area contributed by atoms with Gasteiger partial charge in [-0.25, -0.2) is 8.42 Å². The van der Waals surface area contributed by atoms with Crippen molar-refractivity contribution in [2.75, 3.05) is 11.9 Å². The number of piperidine rings is 1. The number of rotatable bonds is 5. The van der Waals surface area contributed by atoms with E-state index in [0.717, 1.165) is 24.8 Å². The molecule has 1 atom stereocenters. The average molecular weight is 373 g/mol. The summed E-state index contributed by atoms with van der Waals surface area (Å²) in [6.45, 7) is 2.26. The maximum absolute atomic E-state index is 13.2. The van der Waals surface area contributed by atoms with Crippen molar-refractivity contribution in [1.29, 1.82) is 0 Å². The third-order valence-corrected chi connectivity index (χ3v) is 6.51. The summed E-state index contributed by atoms with van der Waals surface area (Å²) in [7, 11) is -3.62. The van der Waals surface area contributed by atoms with Crippen LogP contribution in [0.1, 0.15) is 44.2 Å². The number of carbonyl (C=O) groups is 1. The smallest absolute Gasteiger partial charge is 0.243 e. The van der Waals surface area contributed by atoms with E-state index in [1.807, 2.05) is 12.1 Å². The summed E-state index contributed by atoms with van der Waals surface area (Å²) < 4.78 is 27.9. The predicted octanol–water partition coefficient (Wildman–Crippen LogP) is 3.35. The number of sulfonamides is 1. The van der Waals surface area contributed by atoms with Gasteiger partial charge < -0.3 is 5.32 Å². The molecule has 2 aromatic rings. The first kappa shape index (κ1) is 18.5. The van der Waals surface area contributed by atoms with Crippen LogP contribution in [0, 0.1) is 0 Å². The summed E-state index contributed by atoms with van der Waals surface area (Å²) in [5.74, 6) is -0.103. The Bertz CT molecular complexity index is 851. The number of anilines is 1. The minimum Gasteiger partial charge on any atom is -0.326 e. The number of nitrogens with zero attached hydrogens (tertiary/aromatic N) is 2. The van der Waals surface area contributed by atoms with E-state index < -0.39 is 10.0 Å². The molecule has 0 radical (unpaired) electrons. The second-order valence-corrected chi connectivity index (χ2v) is 8.23. The number of amides is 1. The molecule has 1 N–H and O–H groups in total. The van der Waals surface area contributed by atoms with Crippen LogP contribution in [-0.2, 0) is 14.8 Å². The van der Waals surface area contributed by atoms with Crippen LogP contribution in [0.2, 0.25) is 0 Å². The van der Waals surface area contributed by atoms with Crippen molar-refractivity contribution < 1.29 is 13.2 Å². The Labute approximate surface area is 154 Å². The van der Waals surface area contributed by atoms with Crippen LogP contribution in [0.5, 0.6) is 0 Å². The fourth-order valence-corrected chi connectivity index (χ4v) is 4.88. The molecular formula is C19H23N3O3S. The molecule has 0 saturated carbocycles. The molecule has 1 aromatic carbocycles. The largest absolute Gasteiger partial charge is 0.326 e. The van der Waals surface area contributed by atoms with Crippen LogP contribution >= 0.6 is 0 Å². The van der Waals surface area contributed by atoms with Gasteiger partial charge in [-0.2, -0.15) is 4.31 Å². The lowest BCUT2D eigenvalue weighted by atomic mass is 9.99. The molecule has 1 saturated heterocycles. The van der Waals surface area contributed by atoms with Crippen LogP contribution in [0.25, 0.3) is 0 Å². The molecule has 3 rings (SSSR count). The van der Waals surface area contributed by atoms with Gasteiger partial charge in [-0.15, -0.1) is 0 Å². The molecule has 1 unspecified atom stereocenters. The molecule has 7 heteroatoms. The van der Waals surface area contributed by atoms with Crippen LogP contribution < -0.4 is 5.32 Å². The van der Waals surface area contributed by atoms with E-state index in [0.29, 0.717) is 18.7 Å². The van der Waals surface area contributed by atoms with E-state index in [1.165, 1.54) is 0 Å². The van der Waals surface area contributed by atoms with Gasteiger partial charge in [0.15, 0.2) is 0 Å². The third kappa shape index (κ3) is 3.94. The molecule has 0 spiro atoms. The number of nitrogens with one attached hydrogen (secondary N) is 1. The van der Waals surface area contributed by atoms with Gasteiger partial charge in [0.1, 0.15) is 0 Å². The fourth-order valence-electron chi connectivity index (χ4n) is 3.19. The standard InChI is InChI=1S/C19H23N3O3S/c1-2-19(23)21-16-8-10-17(11-9-16)26(24,25)22-13-4-3-7-18(22)15-6-5-12-20-14-15/h5-6,8-12,14,18H,2-4,7,13H2,1H3,(H,21,23). The normalized spacial score (nSPS) is 18.4. The van der Waals surface area contributed by atoms with Gasteiger partial charge in [0.05, 0.1) is 10.9 Å². The molecule has 1 aromatic heterocycles. The first-order valence-electron chi connectivity index (χ1n) is 8.84. The molecule has 1 aliphatic heterocycles. The SMILES string of the molecule is CCC(=O)Nc1ccc(S(=O)(=O)N2CCCCC2c2cccnc2)cc1. The van der Waals surface area contributed by atoms with Crippen molar-refractivity contribution >= 4 is 21.6 Å². The topological polar surface area (TPSA) is 79.4 Å². The Balaban J connectivity index is 1.87. The highest BCUT2D eigenvalue weighted by Crippen LogP contribution is 2.35. The summed E-state index contributed by atoms with van der Waals surface area (Å²) >= 11 is 0. The van der Waals surface area contributed by atoms with Crippen molar-refractivity contribution in [2.24, 2.45) is 0 Å². The third-order valence-electron chi connectivity index (χ3n) is 4.59. The molecule has 0 bridgehead atoms. The molecule has 1 fully saturated rings. The summed E-state index contributed by atoms with van der Waals surface area (Å²) in [5.41, 5.74) is 1.51. The molecule has 26 heavy (non-hydrogen) atoms. The minimum atomic E-state index is -3.62. The van der Waals surface area contributed by atoms with E-state index in [9.17, 15) is 13.2 Å². The zero-order chi connectivity index (χ0) is 18.6. The lowest BCUT2D eigenvalue weighted by molar-refractivity contribution is -0.115. The predicted molar refractivity (Wildman–Crippen MR) is 100 cm³/mol. The van der Waals surface area contributed by atoms with E-state index >= 15 is 0 Å². The number of hydrogen-bond donors (Lipinski definition) is 1. The van der Waals surface area contributed by atoms with Gasteiger partial charge in [0.25, 0.3) is 0 Å². The quantitative estimate of drug-likeness (QED) is 0.872. The van der Waals surface area contributed by atoms with Gasteiger partial charge in [0, 0.05) is 31.0 Å². The maximum atomic E-state index is 13.2. The summed E-state index contributed by atoms with van der Waals surface area (Å²) in [6.07, 6.45) is 6.43. The van der Waals surface area contributed by atoms with Gasteiger partial charge in [-0.3, -0.25) is 9.78 Å². The number of aromatic nitrogens is 1. The molecular weight excluding hydrogens is 350 g/mol. The van der Waals surface area contributed by atoms with Crippen LogP contribution in [0.4, 0.5) is 5.69 Å². The van der Waals surface area contributed by atoms with Crippen molar-refractivity contribution in [1.82, 2.24) is 9.29 Å². The second kappa shape index (κ2) is 7.97. The molecule has 1 amide bonds. The molecule has 2 heterocycles. The molecule has 6 nitrogen and oxygen atoms in total. The van der Waals surface area contributed by atoms with Crippen molar-refractivity contribution in [3.8, 4) is 0 Å². The van der Waals surface area contributed by atoms with Crippen molar-refractivity contribution in [2.45, 2.75) is 43.5 Å². The number of benzene rings is 1. The minimum absolute atomic E-state index is 0.103. The number of hydrogen-bond acceptors (Lipinski definition) is 4. The maximum Gasteiger partial charge on any atom is 0.243 e. The highest BCUT2D eigenvalue weighted by Gasteiger charge is 2.34. The second-order valence-electron chi connectivity index (χ2n) is 6.34. The van der Waals surface area contributed by atoms with E-state index in [1.54, 1.807) is 47.9 Å². The highest BCUT2D eigenvalue weighted by molar-refractivity contribution is 7.89. The van der Waals surface area contributed by atoms with Crippen molar-refractivity contribution in [3.05, 3.63) is 54.4 Å². The van der Waals surface area contributed by atoms with E-state index in [-0.39, 0.29) is 16.8 Å². The molecule has 1 aliphatic rings. The Morgan fingerprint density at radius 1 is 1.23 bits per heavy atom. The summed E-state index contributed by atoms with van der Waals surface area (Å²) in [4.78, 5) is 15.8. The molecule has 0 aliphatic carbocycles. The lowest BCUT2D eigenvalue weighted by Gasteiger charge is -2.34. The zero-order valence-electron chi connectivity index (χ0n) is 14.8. The average Bonchev–Trinajstić information content (AvgIpc) is 2.69. The van der Waals surface area contributed by atoms with Crippen LogP contribution in [0.3, 0.4) is 0 Å². The number of pyridine rings is 1. The van der Waals surface area contributed by atoms with Crippen LogP contribution in [-0.4, -0.2) is 30.2 Å². The number of carbonyl (C=O) groups excluding carboxylic acids is 1. The highest BCUT2D eigenvalue weighted by atomic mass is 32.2.